The quantitative estimate of drug-likeness (QED) is 0.749. The van der Waals surface area contributed by atoms with Crippen LogP contribution in [0.3, 0.4) is 0 Å². The minimum absolute atomic E-state index is 0.415. The van der Waals surface area contributed by atoms with Gasteiger partial charge < -0.3 is 10.3 Å². The molecule has 0 saturated carbocycles. The minimum Gasteiger partial charge on any atom is -0.382 e. The van der Waals surface area contributed by atoms with Crippen molar-refractivity contribution in [3.63, 3.8) is 0 Å². The average molecular weight is 189 g/mol. The fourth-order valence-electron chi connectivity index (χ4n) is 1.81. The number of aryl methyl sites for hydroxylation is 1. The summed E-state index contributed by atoms with van der Waals surface area (Å²) in [5.41, 5.74) is 8.18. The molecule has 2 aromatic rings. The lowest BCUT2D eigenvalue weighted by Gasteiger charge is -2.09. The molecule has 0 bridgehead atoms. The van der Waals surface area contributed by atoms with Gasteiger partial charge in [0.2, 0.25) is 0 Å². The molecule has 74 valence electrons. The normalized spacial score (nSPS) is 11.4. The molecule has 0 spiro atoms. The van der Waals surface area contributed by atoms with Gasteiger partial charge in [0, 0.05) is 23.8 Å². The monoisotopic (exact) mass is 189 g/mol. The summed E-state index contributed by atoms with van der Waals surface area (Å²) in [5, 5.41) is 1.20. The Balaban J connectivity index is 2.86. The summed E-state index contributed by atoms with van der Waals surface area (Å²) in [6, 6.07) is 2.43. The zero-order chi connectivity index (χ0) is 10.3. The van der Waals surface area contributed by atoms with Crippen LogP contribution < -0.4 is 5.73 Å². The molecule has 2 aromatic heterocycles. The maximum absolute atomic E-state index is 5.88. The van der Waals surface area contributed by atoms with Crippen LogP contribution >= 0.6 is 0 Å². The Bertz CT molecular complexity index is 469. The van der Waals surface area contributed by atoms with Gasteiger partial charge in [-0.25, -0.2) is 4.98 Å². The fraction of sp³-hybridized carbons (Fsp3) is 0.364. The largest absolute Gasteiger partial charge is 0.382 e. The third-order valence-electron chi connectivity index (χ3n) is 2.52. The Kier molecular flexibility index (Phi) is 1.95. The molecule has 0 aliphatic carbocycles. The van der Waals surface area contributed by atoms with Crippen LogP contribution in [0.25, 0.3) is 10.9 Å². The van der Waals surface area contributed by atoms with Gasteiger partial charge in [-0.2, -0.15) is 0 Å². The van der Waals surface area contributed by atoms with Gasteiger partial charge >= 0.3 is 0 Å². The zero-order valence-corrected chi connectivity index (χ0v) is 8.78. The predicted molar refractivity (Wildman–Crippen MR) is 59.3 cm³/mol. The van der Waals surface area contributed by atoms with Crippen LogP contribution in [-0.2, 0) is 0 Å². The number of nitrogens with two attached hydrogens (primary N) is 1. The fourth-order valence-corrected chi connectivity index (χ4v) is 1.81. The van der Waals surface area contributed by atoms with E-state index in [4.69, 9.17) is 5.73 Å². The molecule has 0 radical (unpaired) electrons. The second-order valence-electron chi connectivity index (χ2n) is 3.91. The van der Waals surface area contributed by atoms with Crippen molar-refractivity contribution < 1.29 is 0 Å². The van der Waals surface area contributed by atoms with Crippen LogP contribution in [-0.4, -0.2) is 9.55 Å². The van der Waals surface area contributed by atoms with Crippen LogP contribution in [0.4, 0.5) is 5.82 Å². The van der Waals surface area contributed by atoms with Crippen molar-refractivity contribution in [2.45, 2.75) is 26.8 Å². The summed E-state index contributed by atoms with van der Waals surface area (Å²) in [6.07, 6.45) is 3.89. The highest BCUT2D eigenvalue weighted by Gasteiger charge is 2.10. The Labute approximate surface area is 83.6 Å². The number of hydrogen-bond donors (Lipinski definition) is 1. The lowest BCUT2D eigenvalue weighted by molar-refractivity contribution is 0.622. The first-order valence-electron chi connectivity index (χ1n) is 4.83. The number of hydrogen-bond acceptors (Lipinski definition) is 2. The van der Waals surface area contributed by atoms with Crippen LogP contribution in [0, 0.1) is 6.92 Å². The zero-order valence-electron chi connectivity index (χ0n) is 8.78. The van der Waals surface area contributed by atoms with Crippen LogP contribution in [0.15, 0.2) is 18.5 Å². The molecule has 2 N–H and O–H groups in total. The third kappa shape index (κ3) is 1.16. The van der Waals surface area contributed by atoms with Gasteiger partial charge in [-0.3, -0.25) is 0 Å². The van der Waals surface area contributed by atoms with Gasteiger partial charge in [-0.05, 0) is 32.4 Å². The van der Waals surface area contributed by atoms with Crippen molar-refractivity contribution >= 4 is 16.7 Å². The van der Waals surface area contributed by atoms with E-state index in [0.29, 0.717) is 11.9 Å². The molecule has 3 nitrogen and oxygen atoms in total. The molecule has 0 saturated heterocycles. The molecule has 14 heavy (non-hydrogen) atoms. The second kappa shape index (κ2) is 3.01. The second-order valence-corrected chi connectivity index (χ2v) is 3.91. The molecule has 0 aliphatic rings. The van der Waals surface area contributed by atoms with E-state index < -0.39 is 0 Å². The van der Waals surface area contributed by atoms with Crippen LogP contribution in [0.2, 0.25) is 0 Å². The van der Waals surface area contributed by atoms with Crippen molar-refractivity contribution in [2.75, 3.05) is 5.73 Å². The standard InChI is InChI=1S/C11H15N3/c1-7(2)14-6-8(3)9-4-5-13-11(12)10(9)14/h4-7H,1-3H3,(H2,12,13). The summed E-state index contributed by atoms with van der Waals surface area (Å²) in [7, 11) is 0. The van der Waals surface area contributed by atoms with Gasteiger partial charge in [0.1, 0.15) is 5.82 Å². The van der Waals surface area contributed by atoms with E-state index >= 15 is 0 Å². The predicted octanol–water partition coefficient (Wildman–Crippen LogP) is 2.51. The molecule has 2 rings (SSSR count). The van der Waals surface area contributed by atoms with E-state index in [1.165, 1.54) is 10.9 Å². The molecule has 0 unspecified atom stereocenters. The number of nitrogens with zero attached hydrogens (tertiary/aromatic N) is 2. The smallest absolute Gasteiger partial charge is 0.147 e. The van der Waals surface area contributed by atoms with Crippen molar-refractivity contribution in [1.82, 2.24) is 9.55 Å². The number of rotatable bonds is 1. The van der Waals surface area contributed by atoms with Crippen LogP contribution in [0.5, 0.6) is 0 Å². The minimum atomic E-state index is 0.415. The van der Waals surface area contributed by atoms with Gasteiger partial charge in [0.15, 0.2) is 0 Å². The summed E-state index contributed by atoms with van der Waals surface area (Å²) >= 11 is 0. The molecule has 0 atom stereocenters. The third-order valence-corrected chi connectivity index (χ3v) is 2.52. The van der Waals surface area contributed by atoms with Gasteiger partial charge in [-0.1, -0.05) is 0 Å². The topological polar surface area (TPSA) is 43.8 Å². The number of pyridine rings is 1. The lowest BCUT2D eigenvalue weighted by Crippen LogP contribution is -2.01. The first-order chi connectivity index (χ1) is 6.61. The van der Waals surface area contributed by atoms with E-state index in [9.17, 15) is 0 Å². The van der Waals surface area contributed by atoms with E-state index in [-0.39, 0.29) is 0 Å². The Morgan fingerprint density at radius 2 is 2.14 bits per heavy atom. The molecule has 0 aliphatic heterocycles. The van der Waals surface area contributed by atoms with E-state index in [1.54, 1.807) is 6.20 Å². The molecule has 0 amide bonds. The number of nitrogen functional groups attached to an aromatic ring is 1. The van der Waals surface area contributed by atoms with E-state index in [2.05, 4.69) is 36.5 Å². The molecular weight excluding hydrogens is 174 g/mol. The summed E-state index contributed by atoms with van der Waals surface area (Å²) in [5.74, 6) is 0.615. The first kappa shape index (κ1) is 9.06. The Hall–Kier alpha value is -1.51. The van der Waals surface area contributed by atoms with Crippen molar-refractivity contribution in [1.29, 1.82) is 0 Å². The molecular formula is C11H15N3. The van der Waals surface area contributed by atoms with Crippen LogP contribution in [0.1, 0.15) is 25.5 Å². The Morgan fingerprint density at radius 3 is 2.79 bits per heavy atom. The first-order valence-corrected chi connectivity index (χ1v) is 4.83. The molecule has 0 fully saturated rings. The summed E-state index contributed by atoms with van der Waals surface area (Å²) in [4.78, 5) is 4.12. The van der Waals surface area contributed by atoms with E-state index in [1.807, 2.05) is 6.07 Å². The van der Waals surface area contributed by atoms with Gasteiger partial charge in [-0.15, -0.1) is 0 Å². The highest BCUT2D eigenvalue weighted by atomic mass is 15.0. The average Bonchev–Trinajstić information content (AvgIpc) is 2.46. The molecule has 0 aromatic carbocycles. The highest BCUT2D eigenvalue weighted by molar-refractivity contribution is 5.91. The highest BCUT2D eigenvalue weighted by Crippen LogP contribution is 2.26. The van der Waals surface area contributed by atoms with Crippen molar-refractivity contribution in [3.05, 3.63) is 24.0 Å². The van der Waals surface area contributed by atoms with Gasteiger partial charge in [0.05, 0.1) is 5.52 Å². The summed E-state index contributed by atoms with van der Waals surface area (Å²) in [6.45, 7) is 6.39. The lowest BCUT2D eigenvalue weighted by atomic mass is 10.2. The SMILES string of the molecule is Cc1cn(C(C)C)c2c(N)nccc12. The number of aromatic nitrogens is 2. The maximum Gasteiger partial charge on any atom is 0.147 e. The number of fused-ring (bicyclic) bond motifs is 1. The van der Waals surface area contributed by atoms with E-state index in [0.717, 1.165) is 5.52 Å². The van der Waals surface area contributed by atoms with Gasteiger partial charge in [0.25, 0.3) is 0 Å². The summed E-state index contributed by atoms with van der Waals surface area (Å²) < 4.78 is 2.17. The maximum atomic E-state index is 5.88. The van der Waals surface area contributed by atoms with Crippen molar-refractivity contribution in [3.8, 4) is 0 Å². The molecule has 2 heterocycles. The Morgan fingerprint density at radius 1 is 1.43 bits per heavy atom. The number of anilines is 1. The van der Waals surface area contributed by atoms with Crippen molar-refractivity contribution in [2.24, 2.45) is 0 Å². The molecule has 3 heteroatoms.